The van der Waals surface area contributed by atoms with Gasteiger partial charge in [0.2, 0.25) is 0 Å². The summed E-state index contributed by atoms with van der Waals surface area (Å²) in [6.45, 7) is 4.53. The summed E-state index contributed by atoms with van der Waals surface area (Å²) in [7, 11) is 1.68. The van der Waals surface area contributed by atoms with Crippen molar-refractivity contribution in [3.05, 3.63) is 36.2 Å². The monoisotopic (exact) mass is 384 g/mol. The van der Waals surface area contributed by atoms with Crippen LogP contribution in [0.3, 0.4) is 0 Å². The second kappa shape index (κ2) is 8.60. The first-order chi connectivity index (χ1) is 13.7. The molecule has 1 atom stereocenters. The number of hydrogen-bond donors (Lipinski definition) is 2. The Morgan fingerprint density at radius 2 is 2.18 bits per heavy atom. The maximum absolute atomic E-state index is 12.5. The van der Waals surface area contributed by atoms with Crippen molar-refractivity contribution in [1.29, 1.82) is 0 Å². The zero-order valence-electron chi connectivity index (χ0n) is 16.3. The number of carbonyl (C=O) groups is 1. The van der Waals surface area contributed by atoms with E-state index in [9.17, 15) is 4.79 Å². The lowest BCUT2D eigenvalue weighted by atomic mass is 10.1. The van der Waals surface area contributed by atoms with Gasteiger partial charge in [-0.1, -0.05) is 11.3 Å². The third kappa shape index (κ3) is 4.27. The number of methoxy groups -OCH3 is 1. The van der Waals surface area contributed by atoms with E-state index < -0.39 is 0 Å². The molecule has 2 fully saturated rings. The highest BCUT2D eigenvalue weighted by molar-refractivity contribution is 5.91. The molecule has 2 aliphatic heterocycles. The normalized spacial score (nSPS) is 20.3. The van der Waals surface area contributed by atoms with E-state index in [1.807, 2.05) is 16.8 Å². The Hall–Kier alpha value is -2.61. The first-order valence-electron chi connectivity index (χ1n) is 10.0. The van der Waals surface area contributed by atoms with E-state index in [1.165, 1.54) is 0 Å². The highest BCUT2D eigenvalue weighted by Crippen LogP contribution is 2.26. The Bertz CT molecular complexity index is 801. The van der Waals surface area contributed by atoms with Crippen LogP contribution >= 0.6 is 0 Å². The Morgan fingerprint density at radius 3 is 3.00 bits per heavy atom. The van der Waals surface area contributed by atoms with Crippen LogP contribution in [0.2, 0.25) is 0 Å². The summed E-state index contributed by atoms with van der Waals surface area (Å²) < 4.78 is 7.16. The molecule has 0 aliphatic carbocycles. The molecule has 1 unspecified atom stereocenters. The van der Waals surface area contributed by atoms with E-state index in [2.05, 4.69) is 38.0 Å². The molecule has 2 aromatic rings. The molecule has 8 heteroatoms. The predicted octanol–water partition coefficient (Wildman–Crippen LogP) is 1.47. The number of ether oxygens (including phenoxy) is 1. The maximum atomic E-state index is 12.5. The van der Waals surface area contributed by atoms with Gasteiger partial charge >= 0.3 is 0 Å². The van der Waals surface area contributed by atoms with Gasteiger partial charge in [0.25, 0.3) is 5.91 Å². The minimum Gasteiger partial charge on any atom is -0.497 e. The Kier molecular flexibility index (Phi) is 5.76. The van der Waals surface area contributed by atoms with Crippen molar-refractivity contribution in [2.24, 2.45) is 5.92 Å². The zero-order valence-corrected chi connectivity index (χ0v) is 16.3. The molecule has 150 valence electrons. The number of rotatable bonds is 6. The van der Waals surface area contributed by atoms with Gasteiger partial charge < -0.3 is 20.3 Å². The molecule has 28 heavy (non-hydrogen) atoms. The van der Waals surface area contributed by atoms with Crippen LogP contribution in [0, 0.1) is 5.92 Å². The highest BCUT2D eigenvalue weighted by atomic mass is 16.5. The molecule has 2 aliphatic rings. The highest BCUT2D eigenvalue weighted by Gasteiger charge is 2.24. The van der Waals surface area contributed by atoms with Gasteiger partial charge in [-0.25, -0.2) is 4.68 Å². The molecule has 0 bridgehead atoms. The SMILES string of the molecule is COc1cccc(N2CCC(CNC(=O)c3cn(C4CCNCC4)nn3)C2)c1. The lowest BCUT2D eigenvalue weighted by Gasteiger charge is -2.22. The number of carbonyl (C=O) groups excluding carboxylic acids is 1. The molecule has 2 N–H and O–H groups in total. The van der Waals surface area contributed by atoms with Crippen LogP contribution in [0.1, 0.15) is 35.8 Å². The molecule has 0 saturated carbocycles. The minimum absolute atomic E-state index is 0.139. The molecule has 1 aromatic heterocycles. The molecule has 1 aromatic carbocycles. The molecule has 1 amide bonds. The zero-order chi connectivity index (χ0) is 19.3. The fourth-order valence-corrected chi connectivity index (χ4v) is 4.00. The van der Waals surface area contributed by atoms with Crippen LogP contribution in [0.25, 0.3) is 0 Å². The fraction of sp³-hybridized carbons (Fsp3) is 0.550. The molecule has 0 spiro atoms. The molecule has 2 saturated heterocycles. The number of nitrogens with one attached hydrogen (secondary N) is 2. The fourth-order valence-electron chi connectivity index (χ4n) is 4.00. The van der Waals surface area contributed by atoms with Crippen molar-refractivity contribution >= 4 is 11.6 Å². The summed E-state index contributed by atoms with van der Waals surface area (Å²) >= 11 is 0. The second-order valence-electron chi connectivity index (χ2n) is 7.58. The molecule has 0 radical (unpaired) electrons. The Morgan fingerprint density at radius 1 is 1.32 bits per heavy atom. The number of aromatic nitrogens is 3. The summed E-state index contributed by atoms with van der Waals surface area (Å²) in [5, 5.41) is 14.6. The molecular weight excluding hydrogens is 356 g/mol. The summed E-state index contributed by atoms with van der Waals surface area (Å²) in [5.41, 5.74) is 1.57. The van der Waals surface area contributed by atoms with Crippen LogP contribution < -0.4 is 20.3 Å². The van der Waals surface area contributed by atoms with Gasteiger partial charge in [0.15, 0.2) is 5.69 Å². The van der Waals surface area contributed by atoms with E-state index in [4.69, 9.17) is 4.74 Å². The summed E-state index contributed by atoms with van der Waals surface area (Å²) in [6.07, 6.45) is 4.88. The van der Waals surface area contributed by atoms with Gasteiger partial charge in [-0.3, -0.25) is 4.79 Å². The molecule has 3 heterocycles. The van der Waals surface area contributed by atoms with E-state index in [0.29, 0.717) is 24.2 Å². The van der Waals surface area contributed by atoms with Crippen LogP contribution in [-0.2, 0) is 0 Å². The smallest absolute Gasteiger partial charge is 0.273 e. The predicted molar refractivity (Wildman–Crippen MR) is 107 cm³/mol. The molecule has 8 nitrogen and oxygen atoms in total. The Labute approximate surface area is 165 Å². The van der Waals surface area contributed by atoms with Crippen molar-refractivity contribution in [2.75, 3.05) is 44.7 Å². The number of anilines is 1. The number of piperidine rings is 1. The van der Waals surface area contributed by atoms with Gasteiger partial charge in [0.1, 0.15) is 5.75 Å². The number of nitrogens with zero attached hydrogens (tertiary/aromatic N) is 4. The third-order valence-corrected chi connectivity index (χ3v) is 5.68. The van der Waals surface area contributed by atoms with Gasteiger partial charge in [-0.05, 0) is 50.4 Å². The van der Waals surface area contributed by atoms with E-state index in [1.54, 1.807) is 13.3 Å². The van der Waals surface area contributed by atoms with E-state index in [0.717, 1.165) is 56.9 Å². The summed E-state index contributed by atoms with van der Waals surface area (Å²) in [5.74, 6) is 1.15. The average molecular weight is 384 g/mol. The number of hydrogen-bond acceptors (Lipinski definition) is 6. The number of benzene rings is 1. The number of amides is 1. The quantitative estimate of drug-likeness (QED) is 0.785. The minimum atomic E-state index is -0.139. The first kappa shape index (κ1) is 18.7. The van der Waals surface area contributed by atoms with Crippen molar-refractivity contribution in [1.82, 2.24) is 25.6 Å². The van der Waals surface area contributed by atoms with Crippen molar-refractivity contribution in [3.63, 3.8) is 0 Å². The molecule has 4 rings (SSSR count). The summed E-state index contributed by atoms with van der Waals surface area (Å²) in [6, 6.07) is 8.45. The third-order valence-electron chi connectivity index (χ3n) is 5.68. The average Bonchev–Trinajstić information content (AvgIpc) is 3.43. The second-order valence-corrected chi connectivity index (χ2v) is 7.58. The lowest BCUT2D eigenvalue weighted by Crippen LogP contribution is -2.31. The van der Waals surface area contributed by atoms with Gasteiger partial charge in [-0.15, -0.1) is 5.10 Å². The van der Waals surface area contributed by atoms with Crippen molar-refractivity contribution < 1.29 is 9.53 Å². The van der Waals surface area contributed by atoms with Crippen LogP contribution in [0.5, 0.6) is 5.75 Å². The van der Waals surface area contributed by atoms with Crippen LogP contribution in [0.15, 0.2) is 30.5 Å². The van der Waals surface area contributed by atoms with Crippen molar-refractivity contribution in [3.8, 4) is 5.75 Å². The van der Waals surface area contributed by atoms with Crippen LogP contribution in [0.4, 0.5) is 5.69 Å². The van der Waals surface area contributed by atoms with E-state index >= 15 is 0 Å². The van der Waals surface area contributed by atoms with Gasteiger partial charge in [0.05, 0.1) is 19.3 Å². The largest absolute Gasteiger partial charge is 0.497 e. The molecular formula is C20H28N6O2. The van der Waals surface area contributed by atoms with Crippen LogP contribution in [-0.4, -0.2) is 60.7 Å². The van der Waals surface area contributed by atoms with Crippen molar-refractivity contribution in [2.45, 2.75) is 25.3 Å². The van der Waals surface area contributed by atoms with Gasteiger partial charge in [0, 0.05) is 31.4 Å². The standard InChI is InChI=1S/C20H28N6O2/c1-28-18-4-2-3-17(11-18)25-10-7-15(13-25)12-22-20(27)19-14-26(24-23-19)16-5-8-21-9-6-16/h2-4,11,14-16,21H,5-10,12-13H2,1H3,(H,22,27). The van der Waals surface area contributed by atoms with Gasteiger partial charge in [-0.2, -0.15) is 0 Å². The summed E-state index contributed by atoms with van der Waals surface area (Å²) in [4.78, 5) is 14.8. The Balaban J connectivity index is 1.28. The maximum Gasteiger partial charge on any atom is 0.273 e. The topological polar surface area (TPSA) is 84.3 Å². The van der Waals surface area contributed by atoms with E-state index in [-0.39, 0.29) is 5.91 Å². The first-order valence-corrected chi connectivity index (χ1v) is 10.0. The lowest BCUT2D eigenvalue weighted by molar-refractivity contribution is 0.0943.